The first-order valence-corrected chi connectivity index (χ1v) is 10.6. The summed E-state index contributed by atoms with van der Waals surface area (Å²) in [6, 6.07) is 8.41. The molecule has 4 heteroatoms. The molecule has 2 nitrogen and oxygen atoms in total. The van der Waals surface area contributed by atoms with E-state index in [-0.39, 0.29) is 22.0 Å². The largest absolute Gasteiger partial charge is 0.355 e. The van der Waals surface area contributed by atoms with Gasteiger partial charge in [-0.2, -0.15) is 12.6 Å². The van der Waals surface area contributed by atoms with Crippen molar-refractivity contribution in [2.75, 3.05) is 6.54 Å². The summed E-state index contributed by atoms with van der Waals surface area (Å²) in [7, 11) is 0. The molecule has 0 radical (unpaired) electrons. The number of amides is 1. The van der Waals surface area contributed by atoms with E-state index in [1.165, 1.54) is 24.8 Å². The SMILES string of the molecule is CCC(S)CNC(=O)C12CC3CC(C1)CC(c1ccc(Cl)cc1)(C3)C2. The highest BCUT2D eigenvalue weighted by atomic mass is 35.5. The van der Waals surface area contributed by atoms with Gasteiger partial charge in [0.25, 0.3) is 0 Å². The van der Waals surface area contributed by atoms with E-state index < -0.39 is 0 Å². The molecule has 4 saturated carbocycles. The topological polar surface area (TPSA) is 29.1 Å². The first-order chi connectivity index (χ1) is 11.9. The molecule has 3 atom stereocenters. The maximum absolute atomic E-state index is 13.2. The molecule has 1 aromatic carbocycles. The van der Waals surface area contributed by atoms with Crippen LogP contribution in [0.2, 0.25) is 5.02 Å². The maximum atomic E-state index is 13.2. The smallest absolute Gasteiger partial charge is 0.226 e. The molecule has 0 spiro atoms. The summed E-state index contributed by atoms with van der Waals surface area (Å²) in [6.07, 6.45) is 7.94. The number of nitrogens with one attached hydrogen (secondary N) is 1. The third kappa shape index (κ3) is 3.12. The molecule has 4 bridgehead atoms. The summed E-state index contributed by atoms with van der Waals surface area (Å²) in [5, 5.41) is 4.28. The summed E-state index contributed by atoms with van der Waals surface area (Å²) < 4.78 is 0. The standard InChI is InChI=1S/C21H28ClNOS/c1-2-18(25)12-23-19(24)21-10-14-7-15(11-21)9-20(8-14,13-21)16-3-5-17(22)6-4-16/h3-6,14-15,18,25H,2,7-13H2,1H3,(H,23,24). The van der Waals surface area contributed by atoms with Gasteiger partial charge in [-0.3, -0.25) is 4.79 Å². The summed E-state index contributed by atoms with van der Waals surface area (Å²) in [4.78, 5) is 13.2. The highest BCUT2D eigenvalue weighted by Crippen LogP contribution is 2.65. The van der Waals surface area contributed by atoms with Crippen LogP contribution in [-0.4, -0.2) is 17.7 Å². The normalized spacial score (nSPS) is 37.1. The van der Waals surface area contributed by atoms with Crippen LogP contribution in [0.4, 0.5) is 0 Å². The highest BCUT2D eigenvalue weighted by molar-refractivity contribution is 7.81. The van der Waals surface area contributed by atoms with Crippen molar-refractivity contribution in [3.05, 3.63) is 34.9 Å². The Balaban J connectivity index is 1.60. The average Bonchev–Trinajstić information content (AvgIpc) is 2.58. The monoisotopic (exact) mass is 377 g/mol. The van der Waals surface area contributed by atoms with Gasteiger partial charge in [0.05, 0.1) is 5.41 Å². The van der Waals surface area contributed by atoms with Crippen molar-refractivity contribution < 1.29 is 4.79 Å². The number of benzene rings is 1. The fraction of sp³-hybridized carbons (Fsp3) is 0.667. The van der Waals surface area contributed by atoms with E-state index in [1.54, 1.807) is 0 Å². The molecular weight excluding hydrogens is 350 g/mol. The molecule has 0 heterocycles. The predicted molar refractivity (Wildman–Crippen MR) is 106 cm³/mol. The molecule has 4 aliphatic carbocycles. The molecule has 1 N–H and O–H groups in total. The van der Waals surface area contributed by atoms with Gasteiger partial charge in [0, 0.05) is 16.8 Å². The second kappa shape index (κ2) is 6.49. The van der Waals surface area contributed by atoms with Gasteiger partial charge in [-0.1, -0.05) is 30.7 Å². The minimum Gasteiger partial charge on any atom is -0.355 e. The fourth-order valence-corrected chi connectivity index (χ4v) is 6.43. The lowest BCUT2D eigenvalue weighted by atomic mass is 9.42. The molecule has 4 fully saturated rings. The van der Waals surface area contributed by atoms with Crippen LogP contribution < -0.4 is 5.32 Å². The number of thiol groups is 1. The molecule has 1 amide bonds. The van der Waals surface area contributed by atoms with Gasteiger partial charge >= 0.3 is 0 Å². The lowest BCUT2D eigenvalue weighted by molar-refractivity contribution is -0.149. The van der Waals surface area contributed by atoms with Crippen molar-refractivity contribution in [2.45, 2.75) is 62.5 Å². The molecule has 25 heavy (non-hydrogen) atoms. The molecule has 1 aromatic rings. The van der Waals surface area contributed by atoms with E-state index in [1.807, 2.05) is 12.1 Å². The van der Waals surface area contributed by atoms with Crippen LogP contribution >= 0.6 is 24.2 Å². The van der Waals surface area contributed by atoms with E-state index in [4.69, 9.17) is 11.6 Å². The Hall–Kier alpha value is -0.670. The number of carbonyl (C=O) groups is 1. The van der Waals surface area contributed by atoms with Crippen molar-refractivity contribution >= 4 is 30.1 Å². The number of halogens is 1. The molecule has 0 aliphatic heterocycles. The van der Waals surface area contributed by atoms with Crippen LogP contribution in [-0.2, 0) is 10.2 Å². The van der Waals surface area contributed by atoms with Gasteiger partial charge in [-0.25, -0.2) is 0 Å². The van der Waals surface area contributed by atoms with Crippen molar-refractivity contribution in [1.29, 1.82) is 0 Å². The molecule has 4 aliphatic rings. The predicted octanol–water partition coefficient (Wildman–Crippen LogP) is 5.00. The highest BCUT2D eigenvalue weighted by Gasteiger charge is 2.60. The van der Waals surface area contributed by atoms with E-state index in [0.717, 1.165) is 30.7 Å². The van der Waals surface area contributed by atoms with E-state index in [2.05, 4.69) is 37.0 Å². The number of carbonyl (C=O) groups excluding carboxylic acids is 1. The van der Waals surface area contributed by atoms with Crippen LogP contribution in [0.25, 0.3) is 0 Å². The van der Waals surface area contributed by atoms with Gasteiger partial charge in [0.1, 0.15) is 0 Å². The average molecular weight is 378 g/mol. The Morgan fingerprint density at radius 2 is 1.88 bits per heavy atom. The first kappa shape index (κ1) is 17.7. The van der Waals surface area contributed by atoms with Gasteiger partial charge in [0.15, 0.2) is 0 Å². The zero-order valence-electron chi connectivity index (χ0n) is 14.9. The second-order valence-corrected chi connectivity index (χ2v) is 9.97. The Morgan fingerprint density at radius 1 is 1.24 bits per heavy atom. The number of rotatable bonds is 5. The summed E-state index contributed by atoms with van der Waals surface area (Å²) in [6.45, 7) is 2.80. The minimum atomic E-state index is -0.162. The fourth-order valence-electron chi connectivity index (χ4n) is 6.21. The van der Waals surface area contributed by atoms with E-state index >= 15 is 0 Å². The van der Waals surface area contributed by atoms with Gasteiger partial charge < -0.3 is 5.32 Å². The molecule has 5 rings (SSSR count). The third-order valence-electron chi connectivity index (χ3n) is 6.97. The summed E-state index contributed by atoms with van der Waals surface area (Å²) in [5.41, 5.74) is 1.41. The van der Waals surface area contributed by atoms with Gasteiger partial charge in [0.2, 0.25) is 5.91 Å². The van der Waals surface area contributed by atoms with Crippen LogP contribution in [0.1, 0.15) is 57.4 Å². The quantitative estimate of drug-likeness (QED) is 0.694. The van der Waals surface area contributed by atoms with Crippen LogP contribution in [0, 0.1) is 17.3 Å². The summed E-state index contributed by atoms with van der Waals surface area (Å²) >= 11 is 10.6. The molecule has 136 valence electrons. The Labute approximate surface area is 161 Å². The first-order valence-electron chi connectivity index (χ1n) is 9.67. The van der Waals surface area contributed by atoms with Gasteiger partial charge in [-0.15, -0.1) is 0 Å². The van der Waals surface area contributed by atoms with Crippen LogP contribution in [0.3, 0.4) is 0 Å². The zero-order valence-corrected chi connectivity index (χ0v) is 16.6. The van der Waals surface area contributed by atoms with Crippen molar-refractivity contribution in [3.8, 4) is 0 Å². The molecule has 3 unspecified atom stereocenters. The third-order valence-corrected chi connectivity index (χ3v) is 7.77. The van der Waals surface area contributed by atoms with E-state index in [0.29, 0.717) is 18.4 Å². The Morgan fingerprint density at radius 3 is 2.48 bits per heavy atom. The Bertz CT molecular complexity index is 644. The van der Waals surface area contributed by atoms with Crippen LogP contribution in [0.15, 0.2) is 24.3 Å². The number of hydrogen-bond donors (Lipinski definition) is 2. The van der Waals surface area contributed by atoms with Gasteiger partial charge in [-0.05, 0) is 79.9 Å². The molecule has 0 saturated heterocycles. The number of hydrogen-bond acceptors (Lipinski definition) is 2. The Kier molecular flexibility index (Phi) is 4.60. The molecular formula is C21H28ClNOS. The van der Waals surface area contributed by atoms with E-state index in [9.17, 15) is 4.79 Å². The zero-order chi connectivity index (χ0) is 17.7. The van der Waals surface area contributed by atoms with Crippen molar-refractivity contribution in [3.63, 3.8) is 0 Å². The van der Waals surface area contributed by atoms with Crippen molar-refractivity contribution in [2.24, 2.45) is 17.3 Å². The summed E-state index contributed by atoms with van der Waals surface area (Å²) in [5.74, 6) is 1.67. The lowest BCUT2D eigenvalue weighted by Gasteiger charge is -2.61. The maximum Gasteiger partial charge on any atom is 0.226 e. The minimum absolute atomic E-state index is 0.162. The molecule has 0 aromatic heterocycles. The second-order valence-electron chi connectivity index (χ2n) is 8.80. The van der Waals surface area contributed by atoms with Crippen LogP contribution in [0.5, 0.6) is 0 Å². The lowest BCUT2D eigenvalue weighted by Crippen LogP contribution is -2.59. The van der Waals surface area contributed by atoms with Crippen molar-refractivity contribution in [1.82, 2.24) is 5.32 Å².